The maximum atomic E-state index is 10.5. The first-order chi connectivity index (χ1) is 25.6. The maximum absolute atomic E-state index is 10.5. The minimum atomic E-state index is -4.02. The van der Waals surface area contributed by atoms with Crippen LogP contribution < -0.4 is 5.73 Å². The lowest BCUT2D eigenvalue weighted by atomic mass is 9.96. The smallest absolute Gasteiger partial charge is 0.294 e. The first-order valence-corrected chi connectivity index (χ1v) is 24.2. The second-order valence-corrected chi connectivity index (χ2v) is 17.6. The van der Waals surface area contributed by atoms with Gasteiger partial charge in [0.05, 0.1) is 17.1 Å². The van der Waals surface area contributed by atoms with Crippen LogP contribution in [0.5, 0.6) is 0 Å². The monoisotopic (exact) mass is 768 g/mol. The second-order valence-electron chi connectivity index (χ2n) is 16.2. The van der Waals surface area contributed by atoms with Crippen LogP contribution in [0.2, 0.25) is 0 Å². The summed E-state index contributed by atoms with van der Waals surface area (Å²) in [5.41, 5.74) is 7.19. The Morgan fingerprint density at radius 1 is 0.472 bits per heavy atom. The fraction of sp³-hybridized carbons (Fsp3) is 0.870. The lowest BCUT2D eigenvalue weighted by Crippen LogP contribution is -2.42. The van der Waals surface area contributed by atoms with Crippen molar-refractivity contribution in [3.8, 4) is 0 Å². The summed E-state index contributed by atoms with van der Waals surface area (Å²) < 4.78 is 29.6. The molecule has 53 heavy (non-hydrogen) atoms. The lowest BCUT2D eigenvalue weighted by Gasteiger charge is -2.24. The molecule has 3 unspecified atom stereocenters. The van der Waals surface area contributed by atoms with Crippen LogP contribution >= 0.6 is 0 Å². The lowest BCUT2D eigenvalue weighted by molar-refractivity contribution is -0.00350. The third kappa shape index (κ3) is 35.2. The van der Waals surface area contributed by atoms with Gasteiger partial charge >= 0.3 is 0 Å². The average Bonchev–Trinajstić information content (AvgIpc) is 3.14. The van der Waals surface area contributed by atoms with E-state index < -0.39 is 22.3 Å². The average molecular weight is 768 g/mol. The van der Waals surface area contributed by atoms with Gasteiger partial charge in [-0.3, -0.25) is 4.55 Å². The first-order valence-electron chi connectivity index (χ1n) is 22.8. The molecular formula is C46H89NO5S. The molecule has 5 N–H and O–H groups in total. The number of aliphatic hydroxyl groups is 2. The van der Waals surface area contributed by atoms with Gasteiger partial charge in [-0.1, -0.05) is 237 Å². The molecule has 0 saturated heterocycles. The van der Waals surface area contributed by atoms with E-state index in [0.29, 0.717) is 6.42 Å². The highest BCUT2D eigenvalue weighted by molar-refractivity contribution is 7.85. The molecule has 0 saturated carbocycles. The molecule has 0 aliphatic carbocycles. The standard InChI is InChI=1S/C39H81NO2.C7H8O3S/c1-3-5-7-9-11-13-15-17-19-21-23-25-27-29-31-33-35-37(40)39(42)38(41)36-34-32-30-28-26-24-22-20-18-16-14-12-10-8-6-4-2;1-6-2-4-7(5-3-6)11(8,9)10/h37-39,41-42H,3-36,40H2,1-2H3;2-5H,1H3,(H,8,9,10). The summed E-state index contributed by atoms with van der Waals surface area (Å²) in [5, 5.41) is 20.9. The summed E-state index contributed by atoms with van der Waals surface area (Å²) in [6.07, 6.45) is 43.6. The Morgan fingerprint density at radius 2 is 0.736 bits per heavy atom. The van der Waals surface area contributed by atoms with E-state index in [1.807, 2.05) is 6.92 Å². The van der Waals surface area contributed by atoms with Crippen LogP contribution in [-0.2, 0) is 10.1 Å². The number of aliphatic hydroxyl groups excluding tert-OH is 2. The largest absolute Gasteiger partial charge is 0.390 e. The van der Waals surface area contributed by atoms with E-state index >= 15 is 0 Å². The third-order valence-corrected chi connectivity index (χ3v) is 11.8. The van der Waals surface area contributed by atoms with E-state index in [4.69, 9.17) is 10.3 Å². The zero-order chi connectivity index (χ0) is 39.3. The molecule has 0 bridgehead atoms. The van der Waals surface area contributed by atoms with Crippen molar-refractivity contribution >= 4 is 10.1 Å². The summed E-state index contributed by atoms with van der Waals surface area (Å²) in [4.78, 5) is -0.0666. The van der Waals surface area contributed by atoms with Gasteiger partial charge in [-0.05, 0) is 31.9 Å². The minimum absolute atomic E-state index is 0.0666. The van der Waals surface area contributed by atoms with Gasteiger partial charge in [0, 0.05) is 6.04 Å². The molecule has 0 aliphatic rings. The Labute approximate surface area is 330 Å². The molecule has 0 heterocycles. The van der Waals surface area contributed by atoms with Crippen LogP contribution in [0, 0.1) is 6.92 Å². The summed E-state index contributed by atoms with van der Waals surface area (Å²) >= 11 is 0. The highest BCUT2D eigenvalue weighted by Gasteiger charge is 2.22. The summed E-state index contributed by atoms with van der Waals surface area (Å²) in [6, 6.07) is 5.70. The number of nitrogens with two attached hydrogens (primary N) is 1. The van der Waals surface area contributed by atoms with Crippen molar-refractivity contribution in [2.45, 2.75) is 262 Å². The Balaban J connectivity index is 0.00000207. The van der Waals surface area contributed by atoms with Crippen molar-refractivity contribution < 1.29 is 23.2 Å². The van der Waals surface area contributed by atoms with E-state index in [9.17, 15) is 18.6 Å². The number of unbranched alkanes of at least 4 members (excludes halogenated alkanes) is 30. The maximum Gasteiger partial charge on any atom is 0.294 e. The van der Waals surface area contributed by atoms with Crippen LogP contribution in [0.1, 0.15) is 238 Å². The van der Waals surface area contributed by atoms with Crippen molar-refractivity contribution in [2.75, 3.05) is 0 Å². The van der Waals surface area contributed by atoms with Gasteiger partial charge < -0.3 is 15.9 Å². The molecule has 1 aromatic carbocycles. The zero-order valence-electron chi connectivity index (χ0n) is 35.2. The van der Waals surface area contributed by atoms with Gasteiger partial charge in [-0.15, -0.1) is 0 Å². The molecule has 0 fully saturated rings. The topological polar surface area (TPSA) is 121 Å². The van der Waals surface area contributed by atoms with Crippen LogP contribution in [0.3, 0.4) is 0 Å². The minimum Gasteiger partial charge on any atom is -0.390 e. The van der Waals surface area contributed by atoms with E-state index in [1.54, 1.807) is 12.1 Å². The van der Waals surface area contributed by atoms with Crippen molar-refractivity contribution in [3.05, 3.63) is 29.8 Å². The summed E-state index contributed by atoms with van der Waals surface area (Å²) in [7, 11) is -4.02. The molecular weight excluding hydrogens is 679 g/mol. The molecule has 0 spiro atoms. The van der Waals surface area contributed by atoms with Gasteiger partial charge in [0.2, 0.25) is 0 Å². The van der Waals surface area contributed by atoms with Gasteiger partial charge in [0.1, 0.15) is 0 Å². The Hall–Kier alpha value is -0.990. The SMILES string of the molecule is CCCCCCCCCCCCCCCCCCC(N)C(O)C(O)CCCCCCCCCCCCCCCCCC.Cc1ccc(S(=O)(=O)O)cc1. The molecule has 1 aromatic rings. The molecule has 1 rings (SSSR count). The van der Waals surface area contributed by atoms with Gasteiger partial charge in [-0.2, -0.15) is 8.42 Å². The summed E-state index contributed by atoms with van der Waals surface area (Å²) in [5.74, 6) is 0. The van der Waals surface area contributed by atoms with Crippen LogP contribution in [0.4, 0.5) is 0 Å². The van der Waals surface area contributed by atoms with Crippen LogP contribution in [0.25, 0.3) is 0 Å². The molecule has 0 amide bonds. The summed E-state index contributed by atoms with van der Waals surface area (Å²) in [6.45, 7) is 6.42. The van der Waals surface area contributed by atoms with E-state index in [0.717, 1.165) is 31.2 Å². The van der Waals surface area contributed by atoms with Gasteiger partial charge in [0.15, 0.2) is 0 Å². The first kappa shape index (κ1) is 52.0. The Morgan fingerprint density at radius 3 is 1.02 bits per heavy atom. The molecule has 0 radical (unpaired) electrons. The highest BCUT2D eigenvalue weighted by Crippen LogP contribution is 2.18. The highest BCUT2D eigenvalue weighted by atomic mass is 32.2. The molecule has 0 aromatic heterocycles. The fourth-order valence-corrected chi connectivity index (χ4v) is 7.65. The Bertz CT molecular complexity index is 944. The van der Waals surface area contributed by atoms with Crippen molar-refractivity contribution in [3.63, 3.8) is 0 Å². The number of hydrogen-bond donors (Lipinski definition) is 4. The number of aryl methyl sites for hydroxylation is 1. The van der Waals surface area contributed by atoms with E-state index in [-0.39, 0.29) is 10.9 Å². The molecule has 314 valence electrons. The molecule has 0 aliphatic heterocycles. The van der Waals surface area contributed by atoms with Crippen LogP contribution in [-0.4, -0.2) is 41.4 Å². The van der Waals surface area contributed by atoms with Gasteiger partial charge in [0.25, 0.3) is 10.1 Å². The van der Waals surface area contributed by atoms with E-state index in [1.165, 1.54) is 198 Å². The van der Waals surface area contributed by atoms with Crippen LogP contribution in [0.15, 0.2) is 29.2 Å². The molecule has 7 heteroatoms. The fourth-order valence-electron chi connectivity index (χ4n) is 7.17. The predicted molar refractivity (Wildman–Crippen MR) is 229 cm³/mol. The predicted octanol–water partition coefficient (Wildman–Crippen LogP) is 13.6. The second kappa shape index (κ2) is 37.9. The normalized spacial score (nSPS) is 13.4. The number of hydrogen-bond acceptors (Lipinski definition) is 5. The quantitative estimate of drug-likeness (QED) is 0.0395. The molecule has 6 nitrogen and oxygen atoms in total. The third-order valence-electron chi connectivity index (χ3n) is 10.9. The van der Waals surface area contributed by atoms with Gasteiger partial charge in [-0.25, -0.2) is 0 Å². The van der Waals surface area contributed by atoms with Crippen molar-refractivity contribution in [2.24, 2.45) is 5.73 Å². The van der Waals surface area contributed by atoms with Crippen molar-refractivity contribution in [1.82, 2.24) is 0 Å². The number of rotatable bonds is 37. The van der Waals surface area contributed by atoms with Crippen molar-refractivity contribution in [1.29, 1.82) is 0 Å². The molecule has 3 atom stereocenters. The number of benzene rings is 1. The zero-order valence-corrected chi connectivity index (χ0v) is 36.0. The van der Waals surface area contributed by atoms with E-state index in [2.05, 4.69) is 13.8 Å². The Kier molecular flexibility index (Phi) is 37.2.